The smallest absolute Gasteiger partial charge is 0.410 e. The number of esters is 1. The first kappa shape index (κ1) is 25.2. The summed E-state index contributed by atoms with van der Waals surface area (Å²) in [6.45, 7) is 11.4. The van der Waals surface area contributed by atoms with Crippen LogP contribution in [0.1, 0.15) is 64.7 Å². The minimum atomic E-state index is -0.619. The number of carbonyl (C=O) groups is 3. The van der Waals surface area contributed by atoms with Crippen molar-refractivity contribution in [3.8, 4) is 11.3 Å². The molecule has 0 radical (unpaired) electrons. The van der Waals surface area contributed by atoms with Crippen molar-refractivity contribution in [2.75, 3.05) is 11.9 Å². The van der Waals surface area contributed by atoms with Gasteiger partial charge in [0.05, 0.1) is 23.1 Å². The second kappa shape index (κ2) is 9.83. The summed E-state index contributed by atoms with van der Waals surface area (Å²) >= 11 is 0. The molecule has 182 valence electrons. The first-order valence-electron chi connectivity index (χ1n) is 11.4. The number of nitrogens with one attached hydrogen (secondary N) is 1. The molecule has 8 heteroatoms. The largest absolute Gasteiger partial charge is 0.456 e. The zero-order chi connectivity index (χ0) is 25.1. The molecule has 0 unspecified atom stereocenters. The molecule has 2 amide bonds. The van der Waals surface area contributed by atoms with Crippen molar-refractivity contribution in [2.24, 2.45) is 0 Å². The molecule has 1 atom stereocenters. The Hall–Kier alpha value is -3.42. The first-order valence-corrected chi connectivity index (χ1v) is 11.4. The summed E-state index contributed by atoms with van der Waals surface area (Å²) < 4.78 is 10.8. The molecule has 34 heavy (non-hydrogen) atoms. The number of rotatable bonds is 4. The minimum Gasteiger partial charge on any atom is -0.456 e. The van der Waals surface area contributed by atoms with Crippen LogP contribution in [-0.2, 0) is 14.3 Å². The maximum absolute atomic E-state index is 12.8. The first-order chi connectivity index (χ1) is 15.8. The number of aromatic nitrogens is 1. The molecule has 1 saturated heterocycles. The summed E-state index contributed by atoms with van der Waals surface area (Å²) in [7, 11) is 0. The number of hydrogen-bond acceptors (Lipinski definition) is 6. The van der Waals surface area contributed by atoms with Gasteiger partial charge in [0.1, 0.15) is 17.2 Å². The topological polar surface area (TPSA) is 97.8 Å². The maximum Gasteiger partial charge on any atom is 0.410 e. The van der Waals surface area contributed by atoms with E-state index < -0.39 is 23.3 Å². The van der Waals surface area contributed by atoms with Gasteiger partial charge in [-0.3, -0.25) is 14.7 Å². The Morgan fingerprint density at radius 3 is 2.15 bits per heavy atom. The van der Waals surface area contributed by atoms with E-state index in [0.717, 1.165) is 12.0 Å². The molecule has 8 nitrogen and oxygen atoms in total. The van der Waals surface area contributed by atoms with Crippen molar-refractivity contribution in [1.82, 2.24) is 9.88 Å². The van der Waals surface area contributed by atoms with E-state index in [1.54, 1.807) is 63.4 Å². The van der Waals surface area contributed by atoms with Gasteiger partial charge in [-0.05, 0) is 78.6 Å². The number of benzene rings is 1. The van der Waals surface area contributed by atoms with E-state index in [9.17, 15) is 14.4 Å². The third-order valence-electron chi connectivity index (χ3n) is 5.03. The van der Waals surface area contributed by atoms with Crippen molar-refractivity contribution in [1.29, 1.82) is 0 Å². The molecule has 0 aliphatic carbocycles. The summed E-state index contributed by atoms with van der Waals surface area (Å²) in [4.78, 5) is 43.4. The summed E-state index contributed by atoms with van der Waals surface area (Å²) in [5, 5.41) is 2.84. The van der Waals surface area contributed by atoms with Gasteiger partial charge < -0.3 is 14.8 Å². The van der Waals surface area contributed by atoms with Crippen LogP contribution in [0.3, 0.4) is 0 Å². The average Bonchev–Trinajstić information content (AvgIpc) is 3.22. The Bertz CT molecular complexity index is 1030. The van der Waals surface area contributed by atoms with Crippen LogP contribution >= 0.6 is 0 Å². The van der Waals surface area contributed by atoms with E-state index in [0.29, 0.717) is 29.9 Å². The number of anilines is 1. The highest BCUT2D eigenvalue weighted by molar-refractivity contribution is 5.97. The van der Waals surface area contributed by atoms with E-state index in [2.05, 4.69) is 10.3 Å². The fourth-order valence-electron chi connectivity index (χ4n) is 3.56. The molecule has 2 aromatic rings. The normalized spacial score (nSPS) is 16.2. The molecule has 0 bridgehead atoms. The zero-order valence-electron chi connectivity index (χ0n) is 20.7. The number of pyridine rings is 1. The highest BCUT2D eigenvalue weighted by atomic mass is 16.6. The molecule has 0 saturated carbocycles. The van der Waals surface area contributed by atoms with Gasteiger partial charge in [0.2, 0.25) is 5.91 Å². The molecular weight excluding hydrogens is 434 g/mol. The van der Waals surface area contributed by atoms with Crippen LogP contribution in [0.5, 0.6) is 0 Å². The second-order valence-electron chi connectivity index (χ2n) is 10.3. The highest BCUT2D eigenvalue weighted by Crippen LogP contribution is 2.24. The van der Waals surface area contributed by atoms with Gasteiger partial charge in [-0.15, -0.1) is 0 Å². The van der Waals surface area contributed by atoms with Crippen molar-refractivity contribution in [3.05, 3.63) is 48.2 Å². The molecule has 1 aliphatic rings. The maximum atomic E-state index is 12.8. The number of ether oxygens (including phenoxy) is 2. The summed E-state index contributed by atoms with van der Waals surface area (Å²) in [5.41, 5.74) is 1.36. The van der Waals surface area contributed by atoms with Gasteiger partial charge in [-0.25, -0.2) is 9.59 Å². The standard InChI is InChI=1S/C26H33N3O5/c1-25(2,3)33-23(31)18-11-9-17(10-12-18)20-14-13-19(16-27-20)28-22(30)21-8-7-15-29(21)24(32)34-26(4,5)6/h9-14,16,21H,7-8,15H2,1-6H3,(H,28,30)/t21-/m1/s1. The lowest BCUT2D eigenvalue weighted by atomic mass is 10.1. The number of nitrogens with zero attached hydrogens (tertiary/aromatic N) is 2. The zero-order valence-corrected chi connectivity index (χ0v) is 20.7. The molecule has 1 aromatic carbocycles. The van der Waals surface area contributed by atoms with Gasteiger partial charge >= 0.3 is 12.1 Å². The van der Waals surface area contributed by atoms with Gasteiger partial charge in [-0.1, -0.05) is 12.1 Å². The van der Waals surface area contributed by atoms with Crippen LogP contribution < -0.4 is 5.32 Å². The van der Waals surface area contributed by atoms with Crippen LogP contribution in [0.15, 0.2) is 42.6 Å². The fourth-order valence-corrected chi connectivity index (χ4v) is 3.56. The molecule has 1 aromatic heterocycles. The van der Waals surface area contributed by atoms with Crippen LogP contribution in [0.2, 0.25) is 0 Å². The Balaban J connectivity index is 1.63. The van der Waals surface area contributed by atoms with E-state index in [4.69, 9.17) is 9.47 Å². The van der Waals surface area contributed by atoms with Crippen LogP contribution in [-0.4, -0.2) is 51.6 Å². The monoisotopic (exact) mass is 467 g/mol. The number of amides is 2. The van der Waals surface area contributed by atoms with E-state index in [1.165, 1.54) is 4.90 Å². The third-order valence-corrected chi connectivity index (χ3v) is 5.03. The lowest BCUT2D eigenvalue weighted by molar-refractivity contribution is -0.120. The van der Waals surface area contributed by atoms with Crippen LogP contribution in [0.4, 0.5) is 10.5 Å². The molecule has 1 aliphatic heterocycles. The van der Waals surface area contributed by atoms with Crippen LogP contribution in [0.25, 0.3) is 11.3 Å². The Kier molecular flexibility index (Phi) is 7.29. The summed E-state index contributed by atoms with van der Waals surface area (Å²) in [5.74, 6) is -0.642. The summed E-state index contributed by atoms with van der Waals surface area (Å²) in [6.07, 6.45) is 2.42. The second-order valence-corrected chi connectivity index (χ2v) is 10.3. The van der Waals surface area contributed by atoms with Gasteiger partial charge in [0, 0.05) is 12.1 Å². The molecule has 1 fully saturated rings. The third kappa shape index (κ3) is 6.79. The van der Waals surface area contributed by atoms with Crippen molar-refractivity contribution >= 4 is 23.7 Å². The van der Waals surface area contributed by atoms with Crippen molar-refractivity contribution < 1.29 is 23.9 Å². The SMILES string of the molecule is CC(C)(C)OC(=O)c1ccc(-c2ccc(NC(=O)[C@H]3CCCN3C(=O)OC(C)(C)C)cn2)cc1. The Morgan fingerprint density at radius 1 is 0.941 bits per heavy atom. The fraction of sp³-hybridized carbons (Fsp3) is 0.462. The number of hydrogen-bond donors (Lipinski definition) is 1. The molecule has 1 N–H and O–H groups in total. The van der Waals surface area contributed by atoms with Crippen molar-refractivity contribution in [2.45, 2.75) is 71.6 Å². The Morgan fingerprint density at radius 2 is 1.59 bits per heavy atom. The lowest BCUT2D eigenvalue weighted by Crippen LogP contribution is -2.45. The van der Waals surface area contributed by atoms with Gasteiger partial charge in [0.15, 0.2) is 0 Å². The van der Waals surface area contributed by atoms with Crippen molar-refractivity contribution in [3.63, 3.8) is 0 Å². The Labute approximate surface area is 200 Å². The van der Waals surface area contributed by atoms with E-state index >= 15 is 0 Å². The minimum absolute atomic E-state index is 0.264. The van der Waals surface area contributed by atoms with Crippen LogP contribution in [0, 0.1) is 0 Å². The molecule has 2 heterocycles. The van der Waals surface area contributed by atoms with Gasteiger partial charge in [0.25, 0.3) is 0 Å². The molecule has 0 spiro atoms. The molecule has 3 rings (SSSR count). The lowest BCUT2D eigenvalue weighted by Gasteiger charge is -2.28. The van der Waals surface area contributed by atoms with E-state index in [1.807, 2.05) is 20.8 Å². The van der Waals surface area contributed by atoms with E-state index in [-0.39, 0.29) is 11.9 Å². The predicted molar refractivity (Wildman–Crippen MR) is 129 cm³/mol. The molecular formula is C26H33N3O5. The quantitative estimate of drug-likeness (QED) is 0.633. The highest BCUT2D eigenvalue weighted by Gasteiger charge is 2.36. The number of carbonyl (C=O) groups excluding carboxylic acids is 3. The average molecular weight is 468 g/mol. The predicted octanol–water partition coefficient (Wildman–Crippen LogP) is 5.04. The van der Waals surface area contributed by atoms with Gasteiger partial charge in [-0.2, -0.15) is 0 Å². The number of likely N-dealkylation sites (tertiary alicyclic amines) is 1. The summed E-state index contributed by atoms with van der Waals surface area (Å²) in [6, 6.07) is 9.98.